The first kappa shape index (κ1) is 18.4. The lowest BCUT2D eigenvalue weighted by atomic mass is 9.99. The third-order valence-electron chi connectivity index (χ3n) is 3.48. The Morgan fingerprint density at radius 3 is 2.36 bits per heavy atom. The molecule has 0 aromatic heterocycles. The molecule has 0 unspecified atom stereocenters. The smallest absolute Gasteiger partial charge is 0.368 e. The summed E-state index contributed by atoms with van der Waals surface area (Å²) < 4.78 is 52.2. The zero-order valence-corrected chi connectivity index (χ0v) is 12.8. The molecule has 0 radical (unpaired) electrons. The summed E-state index contributed by atoms with van der Waals surface area (Å²) in [6.45, 7) is 0. The topological polar surface area (TPSA) is 72.2 Å². The highest BCUT2D eigenvalue weighted by Crippen LogP contribution is 2.32. The molecule has 2 aromatic rings. The van der Waals surface area contributed by atoms with Gasteiger partial charge in [-0.15, -0.1) is 0 Å². The highest BCUT2D eigenvalue weighted by atomic mass is 19.4. The van der Waals surface area contributed by atoms with Crippen molar-refractivity contribution in [3.8, 4) is 0 Å². The number of hydrogen-bond acceptors (Lipinski definition) is 2. The molecule has 0 heterocycles. The van der Waals surface area contributed by atoms with E-state index in [0.29, 0.717) is 0 Å². The summed E-state index contributed by atoms with van der Waals surface area (Å²) in [5, 5.41) is 2.24. The quantitative estimate of drug-likeness (QED) is 0.811. The number of rotatable bonds is 5. The van der Waals surface area contributed by atoms with Gasteiger partial charge in [-0.3, -0.25) is 9.59 Å². The third kappa shape index (κ3) is 4.79. The number of nitrogens with one attached hydrogen (secondary N) is 1. The van der Waals surface area contributed by atoms with Crippen LogP contribution >= 0.6 is 0 Å². The zero-order valence-electron chi connectivity index (χ0n) is 12.8. The van der Waals surface area contributed by atoms with Crippen LogP contribution in [0.1, 0.15) is 21.5 Å². The van der Waals surface area contributed by atoms with Crippen LogP contribution in [0.3, 0.4) is 0 Å². The van der Waals surface area contributed by atoms with Gasteiger partial charge in [0.2, 0.25) is 5.91 Å². The fraction of sp³-hybridized carbons (Fsp3) is 0.176. The second kappa shape index (κ2) is 7.33. The Balaban J connectivity index is 2.23. The highest BCUT2D eigenvalue weighted by molar-refractivity contribution is 5.97. The number of carbonyl (C=O) groups is 2. The summed E-state index contributed by atoms with van der Waals surface area (Å²) in [5.74, 6) is -2.47. The Hall–Kier alpha value is -2.90. The monoisotopic (exact) mass is 354 g/mol. The minimum absolute atomic E-state index is 0.0737. The molecule has 2 aromatic carbocycles. The van der Waals surface area contributed by atoms with Crippen molar-refractivity contribution in [3.63, 3.8) is 0 Å². The molecule has 0 fully saturated rings. The molecule has 0 aliphatic carbocycles. The summed E-state index contributed by atoms with van der Waals surface area (Å²) in [6, 6.07) is 7.98. The molecule has 2 amide bonds. The minimum Gasteiger partial charge on any atom is -0.368 e. The number of carbonyl (C=O) groups excluding carboxylic acids is 2. The first-order valence-electron chi connectivity index (χ1n) is 7.19. The highest BCUT2D eigenvalue weighted by Gasteiger charge is 2.34. The van der Waals surface area contributed by atoms with Gasteiger partial charge in [0.1, 0.15) is 11.9 Å². The SMILES string of the molecule is NC(=O)[C@H](Cc1ccccc1C(F)(F)F)NC(=O)c1cccc(F)c1. The van der Waals surface area contributed by atoms with Gasteiger partial charge in [0, 0.05) is 12.0 Å². The molecule has 0 aliphatic heterocycles. The summed E-state index contributed by atoms with van der Waals surface area (Å²) in [6.07, 6.45) is -5.04. The largest absolute Gasteiger partial charge is 0.416 e. The molecule has 8 heteroatoms. The van der Waals surface area contributed by atoms with E-state index in [2.05, 4.69) is 5.32 Å². The Kier molecular flexibility index (Phi) is 5.41. The van der Waals surface area contributed by atoms with E-state index >= 15 is 0 Å². The van der Waals surface area contributed by atoms with Crippen molar-refractivity contribution in [2.75, 3.05) is 0 Å². The molecule has 0 saturated carbocycles. The number of amides is 2. The van der Waals surface area contributed by atoms with Crippen LogP contribution in [0.5, 0.6) is 0 Å². The number of nitrogens with two attached hydrogens (primary N) is 1. The Labute approximate surface area is 140 Å². The molecular formula is C17H14F4N2O2. The molecule has 0 saturated heterocycles. The van der Waals surface area contributed by atoms with E-state index in [1.807, 2.05) is 0 Å². The van der Waals surface area contributed by atoms with E-state index in [9.17, 15) is 27.2 Å². The molecule has 132 valence electrons. The predicted octanol–water partition coefficient (Wildman–Crippen LogP) is 2.67. The van der Waals surface area contributed by atoms with E-state index in [4.69, 9.17) is 5.73 Å². The van der Waals surface area contributed by atoms with E-state index in [-0.39, 0.29) is 11.1 Å². The van der Waals surface area contributed by atoms with Crippen LogP contribution in [0.25, 0.3) is 0 Å². The molecule has 0 bridgehead atoms. The fourth-order valence-corrected chi connectivity index (χ4v) is 2.29. The van der Waals surface area contributed by atoms with Gasteiger partial charge in [0.25, 0.3) is 5.91 Å². The van der Waals surface area contributed by atoms with Crippen LogP contribution < -0.4 is 11.1 Å². The van der Waals surface area contributed by atoms with Crippen molar-refractivity contribution in [3.05, 3.63) is 71.0 Å². The van der Waals surface area contributed by atoms with Crippen molar-refractivity contribution in [1.82, 2.24) is 5.32 Å². The van der Waals surface area contributed by atoms with Crippen LogP contribution in [0.15, 0.2) is 48.5 Å². The van der Waals surface area contributed by atoms with E-state index in [1.165, 1.54) is 30.3 Å². The second-order valence-electron chi connectivity index (χ2n) is 5.30. The van der Waals surface area contributed by atoms with E-state index in [0.717, 1.165) is 18.2 Å². The average Bonchev–Trinajstić information content (AvgIpc) is 2.53. The zero-order chi connectivity index (χ0) is 18.6. The predicted molar refractivity (Wildman–Crippen MR) is 82.0 cm³/mol. The maximum absolute atomic E-state index is 13.2. The number of alkyl halides is 3. The van der Waals surface area contributed by atoms with Gasteiger partial charge in [-0.25, -0.2) is 4.39 Å². The van der Waals surface area contributed by atoms with Gasteiger partial charge < -0.3 is 11.1 Å². The summed E-state index contributed by atoms with van der Waals surface area (Å²) >= 11 is 0. The van der Waals surface area contributed by atoms with Gasteiger partial charge in [-0.05, 0) is 29.8 Å². The Bertz CT molecular complexity index is 790. The summed E-state index contributed by atoms with van der Waals surface area (Å²) in [7, 11) is 0. The molecule has 1 atom stereocenters. The lowest BCUT2D eigenvalue weighted by Gasteiger charge is -2.18. The van der Waals surface area contributed by atoms with Crippen LogP contribution in [-0.2, 0) is 17.4 Å². The molecule has 4 nitrogen and oxygen atoms in total. The minimum atomic E-state index is -4.61. The van der Waals surface area contributed by atoms with Gasteiger partial charge >= 0.3 is 6.18 Å². The average molecular weight is 354 g/mol. The normalized spacial score (nSPS) is 12.5. The molecule has 3 N–H and O–H groups in total. The molecule has 0 spiro atoms. The first-order valence-corrected chi connectivity index (χ1v) is 7.19. The van der Waals surface area contributed by atoms with Crippen LogP contribution in [0, 0.1) is 5.82 Å². The van der Waals surface area contributed by atoms with Crippen molar-refractivity contribution in [1.29, 1.82) is 0 Å². The van der Waals surface area contributed by atoms with Gasteiger partial charge in [0.15, 0.2) is 0 Å². The second-order valence-corrected chi connectivity index (χ2v) is 5.30. The third-order valence-corrected chi connectivity index (χ3v) is 3.48. The summed E-state index contributed by atoms with van der Waals surface area (Å²) in [5.41, 5.74) is 4.02. The lowest BCUT2D eigenvalue weighted by molar-refractivity contribution is -0.138. The van der Waals surface area contributed by atoms with Crippen molar-refractivity contribution in [2.45, 2.75) is 18.6 Å². The van der Waals surface area contributed by atoms with Crippen molar-refractivity contribution in [2.24, 2.45) is 5.73 Å². The van der Waals surface area contributed by atoms with Crippen LogP contribution in [0.4, 0.5) is 17.6 Å². The van der Waals surface area contributed by atoms with Crippen molar-refractivity contribution >= 4 is 11.8 Å². The fourth-order valence-electron chi connectivity index (χ4n) is 2.29. The van der Waals surface area contributed by atoms with Crippen LogP contribution in [-0.4, -0.2) is 17.9 Å². The Morgan fingerprint density at radius 1 is 1.08 bits per heavy atom. The maximum Gasteiger partial charge on any atom is 0.416 e. The molecule has 25 heavy (non-hydrogen) atoms. The number of halogens is 4. The van der Waals surface area contributed by atoms with E-state index < -0.39 is 41.8 Å². The molecular weight excluding hydrogens is 340 g/mol. The lowest BCUT2D eigenvalue weighted by Crippen LogP contribution is -2.46. The summed E-state index contributed by atoms with van der Waals surface area (Å²) in [4.78, 5) is 23.6. The van der Waals surface area contributed by atoms with Crippen LogP contribution in [0.2, 0.25) is 0 Å². The van der Waals surface area contributed by atoms with Gasteiger partial charge in [-0.2, -0.15) is 13.2 Å². The van der Waals surface area contributed by atoms with Gasteiger partial charge in [0.05, 0.1) is 5.56 Å². The number of hydrogen-bond donors (Lipinski definition) is 2. The standard InChI is InChI=1S/C17H14F4N2O2/c18-12-6-3-5-11(8-12)16(25)23-14(15(22)24)9-10-4-1-2-7-13(10)17(19,20)21/h1-8,14H,9H2,(H2,22,24)(H,23,25)/t14-/m0/s1. The number of benzene rings is 2. The maximum atomic E-state index is 13.2. The number of primary amides is 1. The van der Waals surface area contributed by atoms with Gasteiger partial charge in [-0.1, -0.05) is 24.3 Å². The first-order chi connectivity index (χ1) is 11.7. The van der Waals surface area contributed by atoms with E-state index in [1.54, 1.807) is 0 Å². The molecule has 0 aliphatic rings. The van der Waals surface area contributed by atoms with Crippen molar-refractivity contribution < 1.29 is 27.2 Å². The molecule has 2 rings (SSSR count). The Morgan fingerprint density at radius 2 is 1.76 bits per heavy atom.